The van der Waals surface area contributed by atoms with Crippen LogP contribution < -0.4 is 9.64 Å². The highest BCUT2D eigenvalue weighted by Crippen LogP contribution is 2.53. The van der Waals surface area contributed by atoms with Crippen LogP contribution in [0.3, 0.4) is 0 Å². The highest BCUT2D eigenvalue weighted by molar-refractivity contribution is 8.00. The molecule has 0 radical (unpaired) electrons. The molecule has 1 aromatic rings. The van der Waals surface area contributed by atoms with Crippen molar-refractivity contribution in [3.05, 3.63) is 17.7 Å². The number of benzene rings is 1. The first-order valence-electron chi connectivity index (χ1n) is 12.9. The van der Waals surface area contributed by atoms with Gasteiger partial charge in [-0.2, -0.15) is 13.2 Å². The third-order valence-electron chi connectivity index (χ3n) is 7.68. The van der Waals surface area contributed by atoms with Crippen LogP contribution in [-0.2, 0) is 11.0 Å². The number of halogens is 7. The molecule has 0 amide bonds. The van der Waals surface area contributed by atoms with Crippen LogP contribution in [0.1, 0.15) is 78.7 Å². The second kappa shape index (κ2) is 10.9. The van der Waals surface area contributed by atoms with E-state index in [1.54, 1.807) is 4.90 Å². The van der Waals surface area contributed by atoms with Crippen LogP contribution in [0.15, 0.2) is 17.0 Å². The fourth-order valence-electron chi connectivity index (χ4n) is 4.99. The number of alkyl halides is 7. The Kier molecular flexibility index (Phi) is 8.81. The molecule has 0 aromatic heterocycles. The van der Waals surface area contributed by atoms with Gasteiger partial charge in [0.05, 0.1) is 16.7 Å². The minimum Gasteiger partial charge on any atom is -0.492 e. The number of carbonyl (C=O) groups is 1. The first-order chi connectivity index (χ1) is 17.6. The maximum Gasteiger partial charge on any atom is 0.420 e. The highest BCUT2D eigenvalue weighted by Gasteiger charge is 2.45. The molecule has 222 valence electrons. The van der Waals surface area contributed by atoms with Gasteiger partial charge in [-0.15, -0.1) is 11.8 Å². The summed E-state index contributed by atoms with van der Waals surface area (Å²) in [4.78, 5) is 13.6. The fourth-order valence-corrected chi connectivity index (χ4v) is 6.36. The van der Waals surface area contributed by atoms with E-state index < -0.39 is 77.4 Å². The summed E-state index contributed by atoms with van der Waals surface area (Å²) in [6.07, 6.45) is -5.87. The van der Waals surface area contributed by atoms with Crippen molar-refractivity contribution >= 4 is 23.4 Å². The van der Waals surface area contributed by atoms with Crippen molar-refractivity contribution in [1.82, 2.24) is 0 Å². The SMILES string of the molecule is CC(F)(F)CCC1CN(C2CCC(F)(F)CC2)c2cc(C(F)(F)F)c(OCC(C)(C)C(=O)O)cc2SC1(C)C. The second-order valence-electron chi connectivity index (χ2n) is 12.0. The van der Waals surface area contributed by atoms with Crippen LogP contribution in [0, 0.1) is 11.3 Å². The molecule has 1 unspecified atom stereocenters. The lowest BCUT2D eigenvalue weighted by Crippen LogP contribution is -2.45. The first-order valence-corrected chi connectivity index (χ1v) is 13.8. The van der Waals surface area contributed by atoms with Crippen LogP contribution in [0.2, 0.25) is 0 Å². The molecular formula is C27H36F7NO3S. The number of fused-ring (bicyclic) bond motifs is 1. The van der Waals surface area contributed by atoms with Gasteiger partial charge in [0.2, 0.25) is 11.8 Å². The van der Waals surface area contributed by atoms with Gasteiger partial charge in [-0.25, -0.2) is 17.6 Å². The van der Waals surface area contributed by atoms with Crippen molar-refractivity contribution in [3.63, 3.8) is 0 Å². The Morgan fingerprint density at radius 3 is 2.21 bits per heavy atom. The fraction of sp³-hybridized carbons (Fsp3) is 0.741. The summed E-state index contributed by atoms with van der Waals surface area (Å²) in [5.74, 6) is -7.94. The zero-order chi connectivity index (χ0) is 29.6. The molecule has 0 bridgehead atoms. The van der Waals surface area contributed by atoms with E-state index in [0.717, 1.165) is 13.0 Å². The van der Waals surface area contributed by atoms with Crippen molar-refractivity contribution in [2.24, 2.45) is 11.3 Å². The summed E-state index contributed by atoms with van der Waals surface area (Å²) in [7, 11) is 0. The third kappa shape index (κ3) is 7.88. The maximum atomic E-state index is 14.2. The predicted octanol–water partition coefficient (Wildman–Crippen LogP) is 8.52. The lowest BCUT2D eigenvalue weighted by Gasteiger charge is -2.41. The third-order valence-corrected chi connectivity index (χ3v) is 9.08. The minimum atomic E-state index is -4.85. The van der Waals surface area contributed by atoms with Gasteiger partial charge in [0, 0.05) is 41.5 Å². The Balaban J connectivity index is 2.11. The Morgan fingerprint density at radius 2 is 1.69 bits per heavy atom. The molecule has 39 heavy (non-hydrogen) atoms. The largest absolute Gasteiger partial charge is 0.492 e. The van der Waals surface area contributed by atoms with Crippen molar-refractivity contribution in [2.75, 3.05) is 18.1 Å². The average molecular weight is 588 g/mol. The molecule has 1 atom stereocenters. The van der Waals surface area contributed by atoms with Gasteiger partial charge in [0.1, 0.15) is 12.4 Å². The Labute approximate surface area is 228 Å². The summed E-state index contributed by atoms with van der Waals surface area (Å²) >= 11 is 1.24. The van der Waals surface area contributed by atoms with Crippen LogP contribution >= 0.6 is 11.8 Å². The number of hydrogen-bond acceptors (Lipinski definition) is 4. The number of carboxylic acids is 1. The summed E-state index contributed by atoms with van der Waals surface area (Å²) in [6.45, 7) is 6.78. The maximum absolute atomic E-state index is 14.2. The van der Waals surface area contributed by atoms with E-state index in [-0.39, 0.29) is 37.4 Å². The zero-order valence-corrected chi connectivity index (χ0v) is 23.5. The molecular weight excluding hydrogens is 551 g/mol. The molecule has 0 saturated heterocycles. The van der Waals surface area contributed by atoms with Crippen molar-refractivity contribution < 1.29 is 45.4 Å². The lowest BCUT2D eigenvalue weighted by atomic mass is 9.86. The smallest absolute Gasteiger partial charge is 0.420 e. The number of ether oxygens (including phenoxy) is 1. The predicted molar refractivity (Wildman–Crippen MR) is 136 cm³/mol. The molecule has 1 fully saturated rings. The molecule has 1 heterocycles. The molecule has 12 heteroatoms. The average Bonchev–Trinajstić information content (AvgIpc) is 2.87. The van der Waals surface area contributed by atoms with E-state index in [4.69, 9.17) is 4.74 Å². The van der Waals surface area contributed by atoms with E-state index >= 15 is 0 Å². The normalized spacial score (nSPS) is 22.3. The van der Waals surface area contributed by atoms with E-state index in [1.807, 2.05) is 13.8 Å². The van der Waals surface area contributed by atoms with Gasteiger partial charge in [-0.3, -0.25) is 4.79 Å². The van der Waals surface area contributed by atoms with Crippen LogP contribution in [0.25, 0.3) is 0 Å². The molecule has 0 spiro atoms. The number of anilines is 1. The number of thioether (sulfide) groups is 1. The molecule has 1 aliphatic heterocycles. The van der Waals surface area contributed by atoms with E-state index in [9.17, 15) is 40.6 Å². The van der Waals surface area contributed by atoms with Gasteiger partial charge in [0.25, 0.3) is 0 Å². The zero-order valence-electron chi connectivity index (χ0n) is 22.7. The lowest BCUT2D eigenvalue weighted by molar-refractivity contribution is -0.148. The molecule has 1 aromatic carbocycles. The minimum absolute atomic E-state index is 0.0561. The highest BCUT2D eigenvalue weighted by atomic mass is 32.2. The Hall–Kier alpha value is -1.85. The molecule has 3 rings (SSSR count). The summed E-state index contributed by atoms with van der Waals surface area (Å²) < 4.78 is 103. The van der Waals surface area contributed by atoms with E-state index in [1.165, 1.54) is 31.7 Å². The topological polar surface area (TPSA) is 49.8 Å². The van der Waals surface area contributed by atoms with Crippen molar-refractivity contribution in [1.29, 1.82) is 0 Å². The van der Waals surface area contributed by atoms with Crippen LogP contribution in [0.4, 0.5) is 36.4 Å². The monoisotopic (exact) mass is 587 g/mol. The molecule has 1 saturated carbocycles. The van der Waals surface area contributed by atoms with Gasteiger partial charge >= 0.3 is 12.1 Å². The molecule has 4 nitrogen and oxygen atoms in total. The van der Waals surface area contributed by atoms with E-state index in [0.29, 0.717) is 4.90 Å². The van der Waals surface area contributed by atoms with Crippen LogP contribution in [0.5, 0.6) is 5.75 Å². The van der Waals surface area contributed by atoms with Crippen LogP contribution in [-0.4, -0.2) is 46.9 Å². The summed E-state index contributed by atoms with van der Waals surface area (Å²) in [6, 6.07) is 1.68. The molecule has 1 aliphatic carbocycles. The molecule has 2 aliphatic rings. The second-order valence-corrected chi connectivity index (χ2v) is 13.7. The van der Waals surface area contributed by atoms with Gasteiger partial charge < -0.3 is 14.7 Å². The number of nitrogens with zero attached hydrogens (tertiary/aromatic N) is 1. The van der Waals surface area contributed by atoms with E-state index in [2.05, 4.69) is 0 Å². The first kappa shape index (κ1) is 31.7. The Morgan fingerprint density at radius 1 is 1.10 bits per heavy atom. The quantitative estimate of drug-likeness (QED) is 0.309. The van der Waals surface area contributed by atoms with Gasteiger partial charge in [-0.05, 0) is 58.1 Å². The summed E-state index contributed by atoms with van der Waals surface area (Å²) in [5, 5.41) is 9.38. The number of rotatable bonds is 8. The standard InChI is InChI=1S/C27H36F7NO3S/c1-23(2,22(36)37)15-38-20-13-21-19(12-18(20)27(32,33)34)35(17-7-10-26(30,31)11-8-17)14-16(24(3,4)39-21)6-9-25(5,28)29/h12-13,16-17H,6-11,14-15H2,1-5H3,(H,36,37). The number of hydrogen-bond donors (Lipinski definition) is 1. The molecule has 1 N–H and O–H groups in total. The summed E-state index contributed by atoms with van der Waals surface area (Å²) in [5.41, 5.74) is -2.37. The van der Waals surface area contributed by atoms with Crippen molar-refractivity contribution in [3.8, 4) is 5.75 Å². The Bertz CT molecular complexity index is 1040. The number of aliphatic carboxylic acids is 1. The van der Waals surface area contributed by atoms with Crippen molar-refractivity contribution in [2.45, 2.75) is 107 Å². The number of carboxylic acid groups (broad SMARTS) is 1. The van der Waals surface area contributed by atoms with Gasteiger partial charge in [-0.1, -0.05) is 13.8 Å². The van der Waals surface area contributed by atoms with Gasteiger partial charge in [0.15, 0.2) is 0 Å².